The first-order valence-electron chi connectivity index (χ1n) is 2.98. The van der Waals surface area contributed by atoms with Gasteiger partial charge in [0.05, 0.1) is 6.20 Å². The summed E-state index contributed by atoms with van der Waals surface area (Å²) < 4.78 is 37.1. The van der Waals surface area contributed by atoms with Crippen molar-refractivity contribution in [3.8, 4) is 0 Å². The molecule has 1 rings (SSSR count). The zero-order valence-corrected chi connectivity index (χ0v) is 6.11. The summed E-state index contributed by atoms with van der Waals surface area (Å²) in [5.74, 6) is 0. The number of alkyl halides is 3. The van der Waals surface area contributed by atoms with E-state index in [1.807, 2.05) is 0 Å². The predicted octanol–water partition coefficient (Wildman–Crippen LogP) is 1.75. The van der Waals surface area contributed by atoms with Crippen LogP contribution < -0.4 is 0 Å². The van der Waals surface area contributed by atoms with Crippen LogP contribution in [0.1, 0.15) is 11.3 Å². The summed E-state index contributed by atoms with van der Waals surface area (Å²) in [6.45, 7) is 1.38. The van der Waals surface area contributed by atoms with Crippen molar-refractivity contribution >= 4 is 0 Å². The lowest BCUT2D eigenvalue weighted by atomic mass is 10.3. The largest absolute Gasteiger partial charge is 0.433 e. The molecule has 0 radical (unpaired) electrons. The standard InChI is InChI=1S/C6H7F3N2/c1-4-3-10-11(2)5(4)6(7,8)9/h3H,1-2H3. The average Bonchev–Trinajstić information content (AvgIpc) is 2.08. The van der Waals surface area contributed by atoms with Gasteiger partial charge in [0.1, 0.15) is 5.69 Å². The molecule has 0 aliphatic rings. The van der Waals surface area contributed by atoms with Crippen molar-refractivity contribution in [2.24, 2.45) is 7.05 Å². The fourth-order valence-corrected chi connectivity index (χ4v) is 0.954. The van der Waals surface area contributed by atoms with Crippen molar-refractivity contribution in [1.29, 1.82) is 0 Å². The molecule has 62 valence electrons. The number of halogens is 3. The molecule has 5 heteroatoms. The highest BCUT2D eigenvalue weighted by Gasteiger charge is 2.35. The first-order valence-corrected chi connectivity index (χ1v) is 2.98. The Morgan fingerprint density at radius 3 is 2.18 bits per heavy atom. The molecule has 0 aliphatic carbocycles. The second kappa shape index (κ2) is 2.25. The minimum atomic E-state index is -4.30. The molecular formula is C6H7F3N2. The Kier molecular flexibility index (Phi) is 1.66. The first-order chi connectivity index (χ1) is 4.93. The van der Waals surface area contributed by atoms with Crippen LogP contribution in [-0.2, 0) is 13.2 Å². The Bertz CT molecular complexity index is 242. The monoisotopic (exact) mass is 164 g/mol. The number of aromatic nitrogens is 2. The summed E-state index contributed by atoms with van der Waals surface area (Å²) in [6, 6.07) is 0. The highest BCUT2D eigenvalue weighted by atomic mass is 19.4. The third kappa shape index (κ3) is 1.36. The van der Waals surface area contributed by atoms with Gasteiger partial charge in [-0.25, -0.2) is 0 Å². The van der Waals surface area contributed by atoms with Crippen molar-refractivity contribution in [1.82, 2.24) is 9.78 Å². The lowest BCUT2D eigenvalue weighted by Gasteiger charge is -2.06. The van der Waals surface area contributed by atoms with E-state index in [9.17, 15) is 13.2 Å². The van der Waals surface area contributed by atoms with Gasteiger partial charge in [-0.2, -0.15) is 18.3 Å². The highest BCUT2D eigenvalue weighted by molar-refractivity contribution is 5.18. The molecule has 0 atom stereocenters. The van der Waals surface area contributed by atoms with Crippen LogP contribution in [0.25, 0.3) is 0 Å². The van der Waals surface area contributed by atoms with Crippen LogP contribution in [0.4, 0.5) is 13.2 Å². The van der Waals surface area contributed by atoms with Gasteiger partial charge in [-0.1, -0.05) is 0 Å². The zero-order chi connectivity index (χ0) is 8.65. The van der Waals surface area contributed by atoms with E-state index in [-0.39, 0.29) is 5.56 Å². The number of hydrogen-bond acceptors (Lipinski definition) is 1. The first kappa shape index (κ1) is 8.10. The Morgan fingerprint density at radius 1 is 1.45 bits per heavy atom. The summed E-state index contributed by atoms with van der Waals surface area (Å²) in [5.41, 5.74) is -0.530. The molecule has 0 saturated carbocycles. The topological polar surface area (TPSA) is 17.8 Å². The van der Waals surface area contributed by atoms with Crippen LogP contribution in [0, 0.1) is 6.92 Å². The lowest BCUT2D eigenvalue weighted by Crippen LogP contribution is -2.12. The predicted molar refractivity (Wildman–Crippen MR) is 32.9 cm³/mol. The van der Waals surface area contributed by atoms with Gasteiger partial charge in [-0.05, 0) is 12.5 Å². The summed E-state index contributed by atoms with van der Waals surface area (Å²) >= 11 is 0. The van der Waals surface area contributed by atoms with Crippen LogP contribution in [0.3, 0.4) is 0 Å². The second-order valence-electron chi connectivity index (χ2n) is 2.30. The fourth-order valence-electron chi connectivity index (χ4n) is 0.954. The second-order valence-corrected chi connectivity index (χ2v) is 2.30. The molecule has 0 amide bonds. The van der Waals surface area contributed by atoms with Gasteiger partial charge < -0.3 is 0 Å². The van der Waals surface area contributed by atoms with E-state index in [1.165, 1.54) is 20.2 Å². The van der Waals surface area contributed by atoms with Crippen LogP contribution in [0.15, 0.2) is 6.20 Å². The summed E-state index contributed by atoms with van der Waals surface area (Å²) in [4.78, 5) is 0. The van der Waals surface area contributed by atoms with E-state index in [1.54, 1.807) is 0 Å². The van der Waals surface area contributed by atoms with E-state index in [0.717, 1.165) is 4.68 Å². The van der Waals surface area contributed by atoms with Crippen molar-refractivity contribution in [2.45, 2.75) is 13.1 Å². The number of rotatable bonds is 0. The minimum absolute atomic E-state index is 0.153. The molecule has 0 aliphatic heterocycles. The van der Waals surface area contributed by atoms with Crippen molar-refractivity contribution in [3.05, 3.63) is 17.5 Å². The highest BCUT2D eigenvalue weighted by Crippen LogP contribution is 2.30. The smallest absolute Gasteiger partial charge is 0.263 e. The summed E-state index contributed by atoms with van der Waals surface area (Å²) in [7, 11) is 1.27. The van der Waals surface area contributed by atoms with E-state index in [2.05, 4.69) is 5.10 Å². The molecule has 0 unspecified atom stereocenters. The normalized spacial score (nSPS) is 12.1. The Labute approximate surface area is 61.6 Å². The van der Waals surface area contributed by atoms with Gasteiger partial charge in [-0.15, -0.1) is 0 Å². The Hall–Kier alpha value is -1.00. The number of hydrogen-bond donors (Lipinski definition) is 0. The van der Waals surface area contributed by atoms with Crippen molar-refractivity contribution < 1.29 is 13.2 Å². The molecule has 1 aromatic rings. The molecular weight excluding hydrogens is 157 g/mol. The third-order valence-corrected chi connectivity index (χ3v) is 1.39. The maximum absolute atomic E-state index is 12.1. The molecule has 0 fully saturated rings. The molecule has 0 spiro atoms. The van der Waals surface area contributed by atoms with Gasteiger partial charge >= 0.3 is 6.18 Å². The molecule has 0 N–H and O–H groups in total. The van der Waals surface area contributed by atoms with Gasteiger partial charge in [0, 0.05) is 7.05 Å². The average molecular weight is 164 g/mol. The van der Waals surface area contributed by atoms with E-state index in [4.69, 9.17) is 0 Å². The SMILES string of the molecule is Cc1cnn(C)c1C(F)(F)F. The minimum Gasteiger partial charge on any atom is -0.263 e. The van der Waals surface area contributed by atoms with E-state index in [0.29, 0.717) is 0 Å². The van der Waals surface area contributed by atoms with Crippen LogP contribution in [0.2, 0.25) is 0 Å². The lowest BCUT2D eigenvalue weighted by molar-refractivity contribution is -0.144. The van der Waals surface area contributed by atoms with Gasteiger partial charge in [0.25, 0.3) is 0 Å². The molecule has 0 saturated heterocycles. The van der Waals surface area contributed by atoms with Gasteiger partial charge in [0.15, 0.2) is 0 Å². The van der Waals surface area contributed by atoms with Gasteiger partial charge in [-0.3, -0.25) is 4.68 Å². The van der Waals surface area contributed by atoms with Crippen LogP contribution >= 0.6 is 0 Å². The Morgan fingerprint density at radius 2 is 2.00 bits per heavy atom. The van der Waals surface area contributed by atoms with Crippen molar-refractivity contribution in [3.63, 3.8) is 0 Å². The molecule has 11 heavy (non-hydrogen) atoms. The third-order valence-electron chi connectivity index (χ3n) is 1.39. The van der Waals surface area contributed by atoms with E-state index < -0.39 is 11.9 Å². The quantitative estimate of drug-likeness (QED) is 0.571. The maximum atomic E-state index is 12.1. The number of nitrogens with zero attached hydrogens (tertiary/aromatic N) is 2. The van der Waals surface area contributed by atoms with Gasteiger partial charge in [0.2, 0.25) is 0 Å². The zero-order valence-electron chi connectivity index (χ0n) is 6.11. The molecule has 1 aromatic heterocycles. The Balaban J connectivity index is 3.21. The van der Waals surface area contributed by atoms with Crippen molar-refractivity contribution in [2.75, 3.05) is 0 Å². The van der Waals surface area contributed by atoms with Crippen LogP contribution in [-0.4, -0.2) is 9.78 Å². The fraction of sp³-hybridized carbons (Fsp3) is 0.500. The molecule has 1 heterocycles. The maximum Gasteiger partial charge on any atom is 0.433 e. The summed E-state index contributed by atoms with van der Waals surface area (Å²) in [6.07, 6.45) is -3.10. The molecule has 2 nitrogen and oxygen atoms in total. The number of aryl methyl sites for hydroxylation is 2. The van der Waals surface area contributed by atoms with E-state index >= 15 is 0 Å². The molecule has 0 bridgehead atoms. The van der Waals surface area contributed by atoms with Crippen LogP contribution in [0.5, 0.6) is 0 Å². The molecule has 0 aromatic carbocycles. The summed E-state index contributed by atoms with van der Waals surface area (Å²) in [5, 5.41) is 3.48.